The molecule has 0 bridgehead atoms. The van der Waals surface area contributed by atoms with Gasteiger partial charge in [0.1, 0.15) is 0 Å². The van der Waals surface area contributed by atoms with Crippen LogP contribution < -0.4 is 0 Å². The van der Waals surface area contributed by atoms with Gasteiger partial charge in [-0.25, -0.2) is 0 Å². The molecule has 1 aliphatic heterocycles. The van der Waals surface area contributed by atoms with Crippen LogP contribution >= 0.6 is 0 Å². The predicted molar refractivity (Wildman–Crippen MR) is 54.2 cm³/mol. The van der Waals surface area contributed by atoms with Crippen molar-refractivity contribution in [2.24, 2.45) is 0 Å². The van der Waals surface area contributed by atoms with Crippen molar-refractivity contribution in [1.82, 2.24) is 9.80 Å². The van der Waals surface area contributed by atoms with Crippen LogP contribution in [0.3, 0.4) is 0 Å². The lowest BCUT2D eigenvalue weighted by atomic mass is 10.6. The molecule has 0 amide bonds. The van der Waals surface area contributed by atoms with Crippen LogP contribution in [0.15, 0.2) is 12.4 Å². The first kappa shape index (κ1) is 14.3. The third kappa shape index (κ3) is 8.72. The highest BCUT2D eigenvalue weighted by molar-refractivity contribution is 5.62. The average molecular weight is 188 g/mol. The van der Waals surface area contributed by atoms with Crippen LogP contribution in [-0.2, 0) is 4.79 Å². The first-order valence-corrected chi connectivity index (χ1v) is 3.88. The summed E-state index contributed by atoms with van der Waals surface area (Å²) in [5, 5.41) is 7.42. The molecule has 13 heavy (non-hydrogen) atoms. The smallest absolute Gasteiger partial charge is 0.300 e. The Morgan fingerprint density at radius 2 is 2.00 bits per heavy atom. The molecule has 0 aromatic heterocycles. The van der Waals surface area contributed by atoms with Crippen molar-refractivity contribution in [1.29, 1.82) is 0 Å². The summed E-state index contributed by atoms with van der Waals surface area (Å²) < 4.78 is 0. The van der Waals surface area contributed by atoms with Crippen LogP contribution in [0.2, 0.25) is 0 Å². The fourth-order valence-corrected chi connectivity index (χ4v) is 0.794. The highest BCUT2D eigenvalue weighted by Gasteiger charge is 2.03. The third-order valence-corrected chi connectivity index (χ3v) is 1.34. The molecule has 0 radical (unpaired) electrons. The van der Waals surface area contributed by atoms with Gasteiger partial charge in [0.05, 0.1) is 6.67 Å². The molecule has 0 saturated carbocycles. The maximum Gasteiger partial charge on any atom is 0.300 e. The molecule has 1 aliphatic rings. The van der Waals surface area contributed by atoms with Gasteiger partial charge >= 0.3 is 0 Å². The highest BCUT2D eigenvalue weighted by atomic mass is 16.4. The van der Waals surface area contributed by atoms with E-state index in [0.29, 0.717) is 0 Å². The van der Waals surface area contributed by atoms with Crippen molar-refractivity contribution in [3.05, 3.63) is 12.4 Å². The lowest BCUT2D eigenvalue weighted by Crippen LogP contribution is -2.21. The van der Waals surface area contributed by atoms with E-state index in [2.05, 4.69) is 36.2 Å². The molecule has 0 aliphatic carbocycles. The lowest BCUT2D eigenvalue weighted by molar-refractivity contribution is -0.134. The minimum atomic E-state index is -0.833. The molecule has 4 nitrogen and oxygen atoms in total. The molecule has 1 heterocycles. The number of rotatable bonds is 1. The van der Waals surface area contributed by atoms with Gasteiger partial charge in [-0.15, -0.1) is 0 Å². The monoisotopic (exact) mass is 188 g/mol. The summed E-state index contributed by atoms with van der Waals surface area (Å²) in [6, 6.07) is 0. The van der Waals surface area contributed by atoms with E-state index in [0.717, 1.165) is 20.1 Å². The van der Waals surface area contributed by atoms with Gasteiger partial charge in [-0.05, 0) is 6.92 Å². The molecule has 1 rings (SSSR count). The maximum atomic E-state index is 9.00. The van der Waals surface area contributed by atoms with Crippen LogP contribution in [0, 0.1) is 0 Å². The summed E-state index contributed by atoms with van der Waals surface area (Å²) in [5.74, 6) is -0.833. The fraction of sp³-hybridized carbons (Fsp3) is 0.667. The summed E-state index contributed by atoms with van der Waals surface area (Å²) in [4.78, 5) is 13.4. The van der Waals surface area contributed by atoms with Gasteiger partial charge < -0.3 is 14.9 Å². The van der Waals surface area contributed by atoms with Crippen molar-refractivity contribution in [3.8, 4) is 0 Å². The zero-order valence-corrected chi connectivity index (χ0v) is 7.82. The predicted octanol–water partition coefficient (Wildman–Crippen LogP) is 1.41. The summed E-state index contributed by atoms with van der Waals surface area (Å²) >= 11 is 0. The topological polar surface area (TPSA) is 43.8 Å². The molecule has 0 unspecified atom stereocenters. The summed E-state index contributed by atoms with van der Waals surface area (Å²) in [7, 11) is 2.08. The van der Waals surface area contributed by atoms with Crippen LogP contribution in [0.1, 0.15) is 21.3 Å². The van der Waals surface area contributed by atoms with Gasteiger partial charge in [-0.1, -0.05) is 7.43 Å². The Labute approximate surface area is 80.5 Å². The normalized spacial score (nSPS) is 13.2. The number of carbonyl (C=O) groups is 1. The van der Waals surface area contributed by atoms with Crippen molar-refractivity contribution >= 4 is 5.97 Å². The van der Waals surface area contributed by atoms with Crippen LogP contribution in [0.4, 0.5) is 0 Å². The van der Waals surface area contributed by atoms with E-state index in [1.165, 1.54) is 0 Å². The Morgan fingerprint density at radius 3 is 2.15 bits per heavy atom. The second kappa shape index (κ2) is 7.46. The van der Waals surface area contributed by atoms with Crippen LogP contribution in [0.25, 0.3) is 0 Å². The second-order valence-electron chi connectivity index (χ2n) is 2.62. The number of carboxylic acid groups (broad SMARTS) is 1. The summed E-state index contributed by atoms with van der Waals surface area (Å²) in [6.45, 7) is 5.40. The summed E-state index contributed by atoms with van der Waals surface area (Å²) in [6.07, 6.45) is 4.20. The molecule has 0 atom stereocenters. The summed E-state index contributed by atoms with van der Waals surface area (Å²) in [5.41, 5.74) is 0. The molecule has 0 saturated heterocycles. The number of hydrogen-bond acceptors (Lipinski definition) is 3. The van der Waals surface area contributed by atoms with E-state index >= 15 is 0 Å². The zero-order chi connectivity index (χ0) is 9.56. The molecular formula is C9H20N2O2. The molecule has 0 aromatic carbocycles. The molecule has 4 heteroatoms. The first-order chi connectivity index (χ1) is 5.56. The Balaban J connectivity index is 0. The second-order valence-corrected chi connectivity index (χ2v) is 2.62. The van der Waals surface area contributed by atoms with Crippen molar-refractivity contribution < 1.29 is 9.90 Å². The minimum absolute atomic E-state index is 0. The van der Waals surface area contributed by atoms with Crippen molar-refractivity contribution in [2.75, 3.05) is 20.3 Å². The lowest BCUT2D eigenvalue weighted by Gasteiger charge is -2.14. The SMILES string of the molecule is C.CC(=O)O.CCN1C=CN(C)C1. The average Bonchev–Trinajstić information content (AvgIpc) is 2.34. The Morgan fingerprint density at radius 1 is 1.54 bits per heavy atom. The third-order valence-electron chi connectivity index (χ3n) is 1.34. The van der Waals surface area contributed by atoms with E-state index in [1.54, 1.807) is 0 Å². The quantitative estimate of drug-likeness (QED) is 0.675. The van der Waals surface area contributed by atoms with Crippen molar-refractivity contribution in [2.45, 2.75) is 21.3 Å². The van der Waals surface area contributed by atoms with E-state index in [9.17, 15) is 0 Å². The Hall–Kier alpha value is -1.19. The first-order valence-electron chi connectivity index (χ1n) is 3.88. The molecule has 0 fully saturated rings. The van der Waals surface area contributed by atoms with Gasteiger partial charge in [0.15, 0.2) is 0 Å². The van der Waals surface area contributed by atoms with E-state index in [1.807, 2.05) is 0 Å². The molecule has 0 spiro atoms. The Kier molecular flexibility index (Phi) is 8.23. The van der Waals surface area contributed by atoms with Crippen LogP contribution in [-0.4, -0.2) is 41.1 Å². The van der Waals surface area contributed by atoms with Gasteiger partial charge in [0.25, 0.3) is 5.97 Å². The number of carboxylic acids is 1. The van der Waals surface area contributed by atoms with E-state index in [4.69, 9.17) is 9.90 Å². The highest BCUT2D eigenvalue weighted by Crippen LogP contribution is 2.00. The van der Waals surface area contributed by atoms with Crippen molar-refractivity contribution in [3.63, 3.8) is 0 Å². The number of hydrogen-bond donors (Lipinski definition) is 1. The van der Waals surface area contributed by atoms with Gasteiger partial charge in [0.2, 0.25) is 0 Å². The van der Waals surface area contributed by atoms with Gasteiger partial charge in [-0.2, -0.15) is 0 Å². The van der Waals surface area contributed by atoms with E-state index in [-0.39, 0.29) is 7.43 Å². The zero-order valence-electron chi connectivity index (χ0n) is 7.82. The van der Waals surface area contributed by atoms with Gasteiger partial charge in [0, 0.05) is 32.9 Å². The van der Waals surface area contributed by atoms with Crippen LogP contribution in [0.5, 0.6) is 0 Å². The number of nitrogens with zero attached hydrogens (tertiary/aromatic N) is 2. The molecule has 1 N–H and O–H groups in total. The largest absolute Gasteiger partial charge is 0.481 e. The van der Waals surface area contributed by atoms with Gasteiger partial charge in [-0.3, -0.25) is 4.79 Å². The fourth-order valence-electron chi connectivity index (χ4n) is 0.794. The maximum absolute atomic E-state index is 9.00. The Bertz CT molecular complexity index is 165. The standard InChI is InChI=1S/C6H12N2.C2H4O2.CH4/c1-3-8-5-4-7(2)6-8;1-2(3)4;/h4-5H,3,6H2,1-2H3;1H3,(H,3,4);1H4. The molecule has 78 valence electrons. The minimum Gasteiger partial charge on any atom is -0.481 e. The van der Waals surface area contributed by atoms with E-state index < -0.39 is 5.97 Å². The number of aliphatic carboxylic acids is 1. The molecule has 0 aromatic rings. The molecular weight excluding hydrogens is 168 g/mol.